The average molecular weight is 357 g/mol. The number of hydrogen-bond acceptors (Lipinski definition) is 1. The van der Waals surface area contributed by atoms with Crippen LogP contribution >= 0.6 is 0 Å². The van der Waals surface area contributed by atoms with Gasteiger partial charge >= 0.3 is 120 Å². The van der Waals surface area contributed by atoms with E-state index in [1.165, 1.54) is 37.9 Å². The molecule has 2 heteroatoms. The molecule has 1 unspecified atom stereocenters. The number of furan rings is 1. The molecule has 1 atom stereocenters. The predicted molar refractivity (Wildman–Crippen MR) is 83.1 cm³/mol. The normalized spacial score (nSPS) is 13.1. The van der Waals surface area contributed by atoms with Crippen molar-refractivity contribution in [1.29, 1.82) is 0 Å². The van der Waals surface area contributed by atoms with Gasteiger partial charge in [0.05, 0.1) is 0 Å². The predicted octanol–water partition coefficient (Wildman–Crippen LogP) is 5.60. The van der Waals surface area contributed by atoms with Gasteiger partial charge in [-0.05, 0) is 0 Å². The summed E-state index contributed by atoms with van der Waals surface area (Å²) in [6, 6.07) is 4.15. The van der Waals surface area contributed by atoms with Crippen molar-refractivity contribution in [3.63, 3.8) is 0 Å². The van der Waals surface area contributed by atoms with Gasteiger partial charge < -0.3 is 0 Å². The summed E-state index contributed by atoms with van der Waals surface area (Å²) in [4.78, 5) is 0. The van der Waals surface area contributed by atoms with Crippen LogP contribution in [0.5, 0.6) is 0 Å². The first-order chi connectivity index (χ1) is 8.77. The third-order valence-electron chi connectivity index (χ3n) is 3.97. The fraction of sp³-hybridized carbons (Fsp3) is 0.750. The van der Waals surface area contributed by atoms with Crippen molar-refractivity contribution in [3.05, 3.63) is 24.2 Å². The van der Waals surface area contributed by atoms with Crippen LogP contribution in [-0.2, 0) is 0 Å². The van der Waals surface area contributed by atoms with Gasteiger partial charge in [-0.25, -0.2) is 0 Å². The molecular weight excluding hydrogens is 327 g/mol. The number of unbranched alkanes of at least 4 members (excludes halogenated alkanes) is 2. The zero-order chi connectivity index (χ0) is 13.2. The Kier molecular flexibility index (Phi) is 8.91. The Balaban J connectivity index is 2.30. The van der Waals surface area contributed by atoms with Crippen molar-refractivity contribution in [2.75, 3.05) is 0 Å². The van der Waals surface area contributed by atoms with Crippen LogP contribution in [0.15, 0.2) is 22.8 Å². The molecule has 104 valence electrons. The van der Waals surface area contributed by atoms with Gasteiger partial charge in [-0.2, -0.15) is 0 Å². The Hall–Kier alpha value is 0.0787. The van der Waals surface area contributed by atoms with E-state index in [4.69, 9.17) is 4.42 Å². The first-order valence-electron chi connectivity index (χ1n) is 7.81. The summed E-state index contributed by atoms with van der Waals surface area (Å²) < 4.78 is 10.3. The van der Waals surface area contributed by atoms with Crippen LogP contribution in [0.2, 0.25) is 13.3 Å². The van der Waals surface area contributed by atoms with Crippen LogP contribution in [-0.4, -0.2) is 19.8 Å². The summed E-state index contributed by atoms with van der Waals surface area (Å²) in [7, 11) is 0. The van der Waals surface area contributed by atoms with E-state index in [2.05, 4.69) is 26.8 Å². The Morgan fingerprint density at radius 2 is 1.78 bits per heavy atom. The van der Waals surface area contributed by atoms with E-state index < -0.39 is 19.8 Å². The minimum atomic E-state index is -1.19. The third-order valence-corrected chi connectivity index (χ3v) is 14.2. The number of rotatable bonds is 10. The molecule has 0 spiro atoms. The van der Waals surface area contributed by atoms with E-state index in [-0.39, 0.29) is 0 Å². The van der Waals surface area contributed by atoms with Crippen LogP contribution in [0.1, 0.15) is 64.6 Å². The Morgan fingerprint density at radius 1 is 1.11 bits per heavy atom. The molecule has 0 radical (unpaired) electrons. The second-order valence-corrected chi connectivity index (χ2v) is 15.5. The van der Waals surface area contributed by atoms with E-state index >= 15 is 0 Å². The molecule has 0 N–H and O–H groups in total. The molecule has 0 fully saturated rings. The molecule has 0 aliphatic carbocycles. The Bertz CT molecular complexity index is 273. The third kappa shape index (κ3) is 6.31. The molecule has 0 saturated heterocycles. The topological polar surface area (TPSA) is 13.1 Å². The van der Waals surface area contributed by atoms with Crippen molar-refractivity contribution in [1.82, 2.24) is 0 Å². The van der Waals surface area contributed by atoms with Gasteiger partial charge in [-0.15, -0.1) is 0 Å². The molecule has 1 aromatic rings. The van der Waals surface area contributed by atoms with Crippen LogP contribution < -0.4 is 0 Å². The Morgan fingerprint density at radius 3 is 2.28 bits per heavy atom. The fourth-order valence-electron chi connectivity index (χ4n) is 2.62. The summed E-state index contributed by atoms with van der Waals surface area (Å²) >= 11 is -1.19. The molecule has 0 aliphatic heterocycles. The summed E-state index contributed by atoms with van der Waals surface area (Å²) in [6.07, 6.45) is 8.90. The van der Waals surface area contributed by atoms with E-state index in [1.54, 1.807) is 19.6 Å². The zero-order valence-electron chi connectivity index (χ0n) is 12.5. The summed E-state index contributed by atoms with van der Waals surface area (Å²) in [6.45, 7) is 6.98. The first-order valence-corrected chi connectivity index (χ1v) is 14.8. The van der Waals surface area contributed by atoms with E-state index in [0.29, 0.717) is 5.92 Å². The monoisotopic (exact) mass is 358 g/mol. The van der Waals surface area contributed by atoms with Crippen LogP contribution in [0.25, 0.3) is 0 Å². The fourth-order valence-corrected chi connectivity index (χ4v) is 13.5. The molecule has 0 bridgehead atoms. The second-order valence-electron chi connectivity index (χ2n) is 5.64. The SMILES string of the molecule is CCC[CH2][SnH]([CH2]CCC)[CH2]CC(C)c1ccco1. The van der Waals surface area contributed by atoms with Crippen molar-refractivity contribution >= 4 is 19.8 Å². The minimum absolute atomic E-state index is 0.627. The van der Waals surface area contributed by atoms with Gasteiger partial charge in [0.25, 0.3) is 0 Å². The van der Waals surface area contributed by atoms with Gasteiger partial charge in [0, 0.05) is 0 Å². The quantitative estimate of drug-likeness (QED) is 0.497. The van der Waals surface area contributed by atoms with Crippen molar-refractivity contribution in [2.45, 2.75) is 72.1 Å². The molecule has 0 amide bonds. The van der Waals surface area contributed by atoms with Crippen LogP contribution in [0.3, 0.4) is 0 Å². The summed E-state index contributed by atoms with van der Waals surface area (Å²) in [5.74, 6) is 1.81. The summed E-state index contributed by atoms with van der Waals surface area (Å²) in [5.41, 5.74) is 0. The molecule has 1 aromatic heterocycles. The molecule has 0 saturated carbocycles. The van der Waals surface area contributed by atoms with Crippen LogP contribution in [0.4, 0.5) is 0 Å². The second kappa shape index (κ2) is 9.94. The maximum absolute atomic E-state index is 5.51. The molecule has 1 heterocycles. The molecular formula is C16H30OSn. The summed E-state index contributed by atoms with van der Waals surface area (Å²) in [5, 5.41) is 0. The molecule has 1 nitrogen and oxygen atoms in total. The molecule has 1 rings (SSSR count). The standard InChI is InChI=1S/C8H11O.2C4H9.Sn.H/c1-3-7(2)8-5-4-6-9-8;2*1-3-4-2;;/h4-7H,1,3H2,2H3;2*1,3-4H2,2H3;;. The average Bonchev–Trinajstić information content (AvgIpc) is 2.91. The van der Waals surface area contributed by atoms with Gasteiger partial charge in [0.1, 0.15) is 0 Å². The van der Waals surface area contributed by atoms with E-state index in [9.17, 15) is 0 Å². The van der Waals surface area contributed by atoms with Gasteiger partial charge in [0.15, 0.2) is 0 Å². The van der Waals surface area contributed by atoms with E-state index in [1.807, 2.05) is 6.07 Å². The van der Waals surface area contributed by atoms with Crippen molar-refractivity contribution < 1.29 is 4.42 Å². The van der Waals surface area contributed by atoms with Crippen LogP contribution in [0, 0.1) is 0 Å². The Labute approximate surface area is 120 Å². The molecule has 18 heavy (non-hydrogen) atoms. The van der Waals surface area contributed by atoms with Gasteiger partial charge in [-0.3, -0.25) is 0 Å². The van der Waals surface area contributed by atoms with Gasteiger partial charge in [0.2, 0.25) is 0 Å². The zero-order valence-corrected chi connectivity index (χ0v) is 15.7. The molecule has 0 aliphatic rings. The van der Waals surface area contributed by atoms with Crippen molar-refractivity contribution in [2.24, 2.45) is 0 Å². The maximum atomic E-state index is 5.51. The first kappa shape index (κ1) is 16.1. The van der Waals surface area contributed by atoms with E-state index in [0.717, 1.165) is 0 Å². The van der Waals surface area contributed by atoms with Crippen molar-refractivity contribution in [3.8, 4) is 0 Å². The number of hydrogen-bond donors (Lipinski definition) is 0. The molecule has 0 aromatic carbocycles. The van der Waals surface area contributed by atoms with Gasteiger partial charge in [-0.1, -0.05) is 0 Å².